The van der Waals surface area contributed by atoms with Gasteiger partial charge in [0.25, 0.3) is 0 Å². The smallest absolute Gasteiger partial charge is 0.0553 e. The van der Waals surface area contributed by atoms with E-state index < -0.39 is 0 Å². The first-order valence-electron chi connectivity index (χ1n) is 6.03. The van der Waals surface area contributed by atoms with Crippen LogP contribution in [0, 0.1) is 0 Å². The van der Waals surface area contributed by atoms with Crippen LogP contribution in [0.4, 0.5) is 11.4 Å². The highest BCUT2D eigenvalue weighted by atomic mass is 127. The lowest BCUT2D eigenvalue weighted by molar-refractivity contribution is 0.902. The first-order chi connectivity index (χ1) is 8.75. The zero-order valence-electron chi connectivity index (χ0n) is 10.8. The molecule has 1 atom stereocenters. The minimum atomic E-state index is 0. The van der Waals surface area contributed by atoms with Crippen molar-refractivity contribution < 1.29 is 0 Å². The van der Waals surface area contributed by atoms with Crippen LogP contribution >= 0.6 is 34.4 Å². The molecule has 4 heteroatoms. The van der Waals surface area contributed by atoms with Crippen molar-refractivity contribution in [2.75, 3.05) is 11.4 Å². The Hall–Kier alpha value is -0.720. The predicted molar refractivity (Wildman–Crippen MR) is 92.5 cm³/mol. The topological polar surface area (TPSA) is 38.2 Å². The zero-order chi connectivity index (χ0) is 12.5. The van der Waals surface area contributed by atoms with Crippen molar-refractivity contribution >= 4 is 45.7 Å². The molecular weight excluding hydrogens is 367 g/mol. The summed E-state index contributed by atoms with van der Waals surface area (Å²) in [4.78, 5) is 5.15. The maximum Gasteiger partial charge on any atom is 0.0553 e. The van der Waals surface area contributed by atoms with Crippen molar-refractivity contribution in [1.29, 1.82) is 0 Å². The van der Waals surface area contributed by atoms with Crippen molar-refractivity contribution in [3.63, 3.8) is 0 Å². The Morgan fingerprint density at radius 2 is 1.47 bits per heavy atom. The second kappa shape index (κ2) is 6.15. The van der Waals surface area contributed by atoms with Gasteiger partial charge in [-0.3, -0.25) is 0 Å². The fourth-order valence-electron chi connectivity index (χ4n) is 2.23. The number of rotatable bonds is 2. The molecule has 3 N–H and O–H groups in total. The molecule has 2 aromatic carbocycles. The van der Waals surface area contributed by atoms with E-state index in [4.69, 9.17) is 0 Å². The molecule has 0 fully saturated rings. The summed E-state index contributed by atoms with van der Waals surface area (Å²) in [6, 6.07) is 17.3. The highest BCUT2D eigenvalue weighted by molar-refractivity contribution is 14.1. The fourth-order valence-corrected chi connectivity index (χ4v) is 3.72. The molecule has 0 amide bonds. The van der Waals surface area contributed by atoms with E-state index in [2.05, 4.69) is 82.9 Å². The normalized spacial score (nSPS) is 14.1. The molecule has 1 aliphatic heterocycles. The molecule has 1 aliphatic rings. The summed E-state index contributed by atoms with van der Waals surface area (Å²) >= 11 is 4.36. The third-order valence-electron chi connectivity index (χ3n) is 2.97. The molecule has 0 spiro atoms. The summed E-state index contributed by atoms with van der Waals surface area (Å²) in [5.41, 5.74) is 2.68. The van der Waals surface area contributed by atoms with Gasteiger partial charge in [0.15, 0.2) is 0 Å². The van der Waals surface area contributed by atoms with E-state index in [1.54, 1.807) is 0 Å². The number of anilines is 2. The van der Waals surface area contributed by atoms with Gasteiger partial charge < -0.3 is 11.1 Å². The number of fused-ring (bicyclic) bond motifs is 2. The zero-order valence-corrected chi connectivity index (χ0v) is 13.8. The molecule has 19 heavy (non-hydrogen) atoms. The number of hydrogen-bond acceptors (Lipinski definition) is 3. The number of alkyl halides is 1. The molecule has 2 nitrogen and oxygen atoms in total. The van der Waals surface area contributed by atoms with Gasteiger partial charge in [0.05, 0.1) is 11.4 Å². The van der Waals surface area contributed by atoms with E-state index >= 15 is 0 Å². The summed E-state index contributed by atoms with van der Waals surface area (Å²) in [6.07, 6.45) is 0. The van der Waals surface area contributed by atoms with E-state index in [9.17, 15) is 0 Å². The average Bonchev–Trinajstić information content (AvgIpc) is 2.38. The number of benzene rings is 2. The Bertz CT molecular complexity index is 526. The van der Waals surface area contributed by atoms with Gasteiger partial charge in [-0.05, 0) is 24.3 Å². The minimum Gasteiger partial charge on any atom is -0.344 e. The van der Waals surface area contributed by atoms with Gasteiger partial charge in [0.1, 0.15) is 0 Å². The Labute approximate surface area is 132 Å². The van der Waals surface area contributed by atoms with E-state index in [0.717, 1.165) is 6.54 Å². The third-order valence-corrected chi connectivity index (χ3v) is 4.49. The molecule has 0 aliphatic carbocycles. The Balaban J connectivity index is 0.00000133. The van der Waals surface area contributed by atoms with E-state index in [1.165, 1.54) is 21.2 Å². The number of halogens is 1. The molecule has 0 radical (unpaired) electrons. The lowest BCUT2D eigenvalue weighted by atomic mass is 10.2. The standard InChI is InChI=1S/C15H14INS.H3N/c1-11(16)10-17-12-6-2-4-8-14(12)18-15-9-5-3-7-13(15)17;/h2-9,11H,10H2,1H3;1H3. The molecule has 0 saturated carbocycles. The van der Waals surface area contributed by atoms with Crippen LogP contribution in [-0.4, -0.2) is 10.5 Å². The molecule has 0 saturated heterocycles. The summed E-state index contributed by atoms with van der Waals surface area (Å²) < 4.78 is 0.617. The van der Waals surface area contributed by atoms with Gasteiger partial charge in [-0.25, -0.2) is 0 Å². The van der Waals surface area contributed by atoms with Crippen LogP contribution in [0.2, 0.25) is 0 Å². The highest BCUT2D eigenvalue weighted by Gasteiger charge is 2.23. The van der Waals surface area contributed by atoms with Crippen molar-refractivity contribution in [3.05, 3.63) is 48.5 Å². The van der Waals surface area contributed by atoms with Crippen LogP contribution in [-0.2, 0) is 0 Å². The largest absolute Gasteiger partial charge is 0.344 e. The molecule has 1 unspecified atom stereocenters. The molecular formula is C15H17IN2S. The van der Waals surface area contributed by atoms with E-state index in [0.29, 0.717) is 3.92 Å². The average molecular weight is 384 g/mol. The van der Waals surface area contributed by atoms with Crippen molar-refractivity contribution in [3.8, 4) is 0 Å². The van der Waals surface area contributed by atoms with Crippen LogP contribution in [0.3, 0.4) is 0 Å². The maximum atomic E-state index is 2.49. The number of nitrogens with zero attached hydrogens (tertiary/aromatic N) is 1. The first-order valence-corrected chi connectivity index (χ1v) is 8.09. The monoisotopic (exact) mass is 384 g/mol. The third kappa shape index (κ3) is 2.90. The second-order valence-electron chi connectivity index (χ2n) is 4.43. The van der Waals surface area contributed by atoms with Gasteiger partial charge in [-0.2, -0.15) is 0 Å². The molecule has 1 heterocycles. The highest BCUT2D eigenvalue weighted by Crippen LogP contribution is 2.47. The van der Waals surface area contributed by atoms with Gasteiger partial charge in [-0.15, -0.1) is 0 Å². The van der Waals surface area contributed by atoms with Crippen LogP contribution < -0.4 is 11.1 Å². The molecule has 3 rings (SSSR count). The van der Waals surface area contributed by atoms with Gasteiger partial charge >= 0.3 is 0 Å². The van der Waals surface area contributed by atoms with Crippen molar-refractivity contribution in [1.82, 2.24) is 6.15 Å². The van der Waals surface area contributed by atoms with Crippen LogP contribution in [0.15, 0.2) is 58.3 Å². The summed E-state index contributed by atoms with van der Waals surface area (Å²) in [6.45, 7) is 3.31. The number of hydrogen-bond donors (Lipinski definition) is 1. The Morgan fingerprint density at radius 1 is 1.00 bits per heavy atom. The van der Waals surface area contributed by atoms with E-state index in [1.807, 2.05) is 11.8 Å². The molecule has 100 valence electrons. The van der Waals surface area contributed by atoms with Gasteiger partial charge in [-0.1, -0.05) is 65.5 Å². The van der Waals surface area contributed by atoms with Crippen LogP contribution in [0.25, 0.3) is 0 Å². The SMILES string of the molecule is CC(I)CN1c2ccccc2Sc2ccccc21.N. The Morgan fingerprint density at radius 3 is 1.95 bits per heavy atom. The van der Waals surface area contributed by atoms with Crippen LogP contribution in [0.1, 0.15) is 6.92 Å². The number of para-hydroxylation sites is 2. The molecule has 0 aromatic heterocycles. The quantitative estimate of drug-likeness (QED) is 0.566. The van der Waals surface area contributed by atoms with Gasteiger partial charge in [0.2, 0.25) is 0 Å². The summed E-state index contributed by atoms with van der Waals surface area (Å²) in [5, 5.41) is 0. The van der Waals surface area contributed by atoms with Gasteiger partial charge in [0, 0.05) is 20.3 Å². The fraction of sp³-hybridized carbons (Fsp3) is 0.200. The first kappa shape index (κ1) is 14.7. The van der Waals surface area contributed by atoms with E-state index in [-0.39, 0.29) is 6.15 Å². The van der Waals surface area contributed by atoms with Crippen LogP contribution in [0.5, 0.6) is 0 Å². The second-order valence-corrected chi connectivity index (χ2v) is 7.64. The van der Waals surface area contributed by atoms with Crippen molar-refractivity contribution in [2.24, 2.45) is 0 Å². The molecule has 0 bridgehead atoms. The van der Waals surface area contributed by atoms with Crippen molar-refractivity contribution in [2.45, 2.75) is 20.6 Å². The maximum absolute atomic E-state index is 2.49. The lowest BCUT2D eigenvalue weighted by Gasteiger charge is -2.33. The Kier molecular flexibility index (Phi) is 4.76. The summed E-state index contributed by atoms with van der Waals surface area (Å²) in [5.74, 6) is 0. The minimum absolute atomic E-state index is 0. The predicted octanol–water partition coefficient (Wildman–Crippen LogP) is 5.27. The lowest BCUT2D eigenvalue weighted by Crippen LogP contribution is -2.26. The molecule has 2 aromatic rings. The summed E-state index contributed by atoms with van der Waals surface area (Å²) in [7, 11) is 0.